The van der Waals surface area contributed by atoms with Gasteiger partial charge in [-0.15, -0.1) is 0 Å². The Labute approximate surface area is 125 Å². The predicted molar refractivity (Wildman–Crippen MR) is 81.3 cm³/mol. The highest BCUT2D eigenvalue weighted by molar-refractivity contribution is 5.77. The Morgan fingerprint density at radius 2 is 2.33 bits per heavy atom. The van der Waals surface area contributed by atoms with Gasteiger partial charge in [0.05, 0.1) is 0 Å². The van der Waals surface area contributed by atoms with Gasteiger partial charge in [-0.25, -0.2) is 0 Å². The molecule has 0 fully saturated rings. The van der Waals surface area contributed by atoms with Gasteiger partial charge in [0.2, 0.25) is 0 Å². The maximum Gasteiger partial charge on any atom is 0.257 e. The van der Waals surface area contributed by atoms with E-state index >= 15 is 0 Å². The standard InChI is InChI=1S/C16H24N2O3/c1-20-10-4-9-18-16(19)11-21-15-8-3-5-12-13(15)6-2-7-14(12)17/h3,5,8,14H,2,4,6-7,9-11,17H2,1H3,(H,18,19). The molecule has 0 saturated heterocycles. The molecule has 1 unspecified atom stereocenters. The second-order valence-electron chi connectivity index (χ2n) is 5.31. The van der Waals surface area contributed by atoms with Crippen molar-refractivity contribution in [3.8, 4) is 5.75 Å². The molecule has 0 aliphatic heterocycles. The molecule has 21 heavy (non-hydrogen) atoms. The number of nitrogens with one attached hydrogen (secondary N) is 1. The molecular formula is C16H24N2O3. The Kier molecular flexibility index (Phi) is 6.02. The number of carbonyl (C=O) groups excluding carboxylic acids is 1. The minimum absolute atomic E-state index is 0.0404. The molecule has 1 aliphatic rings. The van der Waals surface area contributed by atoms with Crippen molar-refractivity contribution in [3.05, 3.63) is 29.3 Å². The zero-order valence-corrected chi connectivity index (χ0v) is 12.6. The van der Waals surface area contributed by atoms with Crippen molar-refractivity contribution < 1.29 is 14.3 Å². The first-order chi connectivity index (χ1) is 10.2. The van der Waals surface area contributed by atoms with Gasteiger partial charge in [-0.2, -0.15) is 0 Å². The highest BCUT2D eigenvalue weighted by atomic mass is 16.5. The summed E-state index contributed by atoms with van der Waals surface area (Å²) in [7, 11) is 1.65. The maximum atomic E-state index is 11.7. The average Bonchev–Trinajstić information content (AvgIpc) is 2.50. The van der Waals surface area contributed by atoms with Gasteiger partial charge < -0.3 is 20.5 Å². The first kappa shape index (κ1) is 15.8. The molecule has 3 N–H and O–H groups in total. The summed E-state index contributed by atoms with van der Waals surface area (Å²) in [6.45, 7) is 1.29. The smallest absolute Gasteiger partial charge is 0.257 e. The molecule has 5 nitrogen and oxygen atoms in total. The molecule has 5 heteroatoms. The number of rotatable bonds is 7. The summed E-state index contributed by atoms with van der Waals surface area (Å²) >= 11 is 0. The summed E-state index contributed by atoms with van der Waals surface area (Å²) in [6, 6.07) is 5.99. The van der Waals surface area contributed by atoms with E-state index in [0.29, 0.717) is 13.2 Å². The van der Waals surface area contributed by atoms with Crippen molar-refractivity contribution in [1.29, 1.82) is 0 Å². The van der Waals surface area contributed by atoms with Crippen molar-refractivity contribution in [1.82, 2.24) is 5.32 Å². The molecule has 116 valence electrons. The van der Waals surface area contributed by atoms with E-state index in [9.17, 15) is 4.79 Å². The molecule has 0 bridgehead atoms. The fraction of sp³-hybridized carbons (Fsp3) is 0.562. The van der Waals surface area contributed by atoms with E-state index in [2.05, 4.69) is 11.4 Å². The fourth-order valence-corrected chi connectivity index (χ4v) is 2.63. The van der Waals surface area contributed by atoms with Gasteiger partial charge in [-0.05, 0) is 42.9 Å². The number of hydrogen-bond donors (Lipinski definition) is 2. The van der Waals surface area contributed by atoms with Crippen LogP contribution in [0.3, 0.4) is 0 Å². The van der Waals surface area contributed by atoms with Crippen LogP contribution >= 0.6 is 0 Å². The van der Waals surface area contributed by atoms with Crippen LogP contribution < -0.4 is 15.8 Å². The fourth-order valence-electron chi connectivity index (χ4n) is 2.63. The van der Waals surface area contributed by atoms with Crippen LogP contribution in [0, 0.1) is 0 Å². The lowest BCUT2D eigenvalue weighted by molar-refractivity contribution is -0.123. The van der Waals surface area contributed by atoms with Crippen LogP contribution in [0.5, 0.6) is 5.75 Å². The SMILES string of the molecule is COCCCNC(=O)COc1cccc2c1CCCC2N. The summed E-state index contributed by atoms with van der Waals surface area (Å²) in [5.74, 6) is 0.679. The van der Waals surface area contributed by atoms with Gasteiger partial charge >= 0.3 is 0 Å². The summed E-state index contributed by atoms with van der Waals surface area (Å²) in [6.07, 6.45) is 3.85. The van der Waals surface area contributed by atoms with Gasteiger partial charge in [-0.3, -0.25) is 4.79 Å². The second kappa shape index (κ2) is 8.00. The molecule has 0 radical (unpaired) electrons. The number of hydrogen-bond acceptors (Lipinski definition) is 4. The van der Waals surface area contributed by atoms with Crippen LogP contribution in [0.25, 0.3) is 0 Å². The third-order valence-electron chi connectivity index (χ3n) is 3.72. The third-order valence-corrected chi connectivity index (χ3v) is 3.72. The zero-order chi connectivity index (χ0) is 15.1. The molecule has 0 spiro atoms. The topological polar surface area (TPSA) is 73.6 Å². The monoisotopic (exact) mass is 292 g/mol. The minimum Gasteiger partial charge on any atom is -0.483 e. The molecule has 2 rings (SSSR count). The van der Waals surface area contributed by atoms with Crippen LogP contribution in [-0.4, -0.2) is 32.8 Å². The summed E-state index contributed by atoms with van der Waals surface area (Å²) in [5, 5.41) is 2.81. The lowest BCUT2D eigenvalue weighted by Crippen LogP contribution is -2.30. The molecule has 0 aromatic heterocycles. The molecule has 1 amide bonds. The molecule has 1 atom stereocenters. The predicted octanol–water partition coefficient (Wildman–Crippen LogP) is 1.55. The van der Waals surface area contributed by atoms with Crippen molar-refractivity contribution >= 4 is 5.91 Å². The zero-order valence-electron chi connectivity index (χ0n) is 12.6. The van der Waals surface area contributed by atoms with Crippen molar-refractivity contribution in [2.24, 2.45) is 5.73 Å². The number of ether oxygens (including phenoxy) is 2. The maximum absolute atomic E-state index is 11.7. The van der Waals surface area contributed by atoms with E-state index in [-0.39, 0.29) is 18.6 Å². The number of benzene rings is 1. The first-order valence-corrected chi connectivity index (χ1v) is 7.48. The van der Waals surface area contributed by atoms with Gasteiger partial charge in [0, 0.05) is 26.3 Å². The Morgan fingerprint density at radius 1 is 1.48 bits per heavy atom. The summed E-state index contributed by atoms with van der Waals surface area (Å²) in [4.78, 5) is 11.7. The Morgan fingerprint density at radius 3 is 3.14 bits per heavy atom. The number of carbonyl (C=O) groups is 1. The highest BCUT2D eigenvalue weighted by Crippen LogP contribution is 2.33. The van der Waals surface area contributed by atoms with E-state index in [0.717, 1.165) is 42.6 Å². The van der Waals surface area contributed by atoms with Crippen molar-refractivity contribution in [2.75, 3.05) is 26.9 Å². The molecule has 1 aliphatic carbocycles. The largest absolute Gasteiger partial charge is 0.483 e. The van der Waals surface area contributed by atoms with Gasteiger partial charge in [-0.1, -0.05) is 12.1 Å². The normalized spacial score (nSPS) is 17.1. The van der Waals surface area contributed by atoms with E-state index in [1.165, 1.54) is 0 Å². The van der Waals surface area contributed by atoms with Crippen LogP contribution in [0.4, 0.5) is 0 Å². The van der Waals surface area contributed by atoms with Crippen LogP contribution in [0.1, 0.15) is 36.4 Å². The summed E-state index contributed by atoms with van der Waals surface area (Å²) in [5.41, 5.74) is 8.43. The van der Waals surface area contributed by atoms with E-state index in [1.54, 1.807) is 7.11 Å². The first-order valence-electron chi connectivity index (χ1n) is 7.48. The van der Waals surface area contributed by atoms with Gasteiger partial charge in [0.1, 0.15) is 5.75 Å². The third kappa shape index (κ3) is 4.44. The Bertz CT molecular complexity index is 477. The molecule has 0 heterocycles. The number of methoxy groups -OCH3 is 1. The molecule has 1 aromatic carbocycles. The highest BCUT2D eigenvalue weighted by Gasteiger charge is 2.20. The molecule has 1 aromatic rings. The van der Waals surface area contributed by atoms with Crippen LogP contribution in [0.2, 0.25) is 0 Å². The van der Waals surface area contributed by atoms with Crippen LogP contribution in [0.15, 0.2) is 18.2 Å². The van der Waals surface area contributed by atoms with E-state index < -0.39 is 0 Å². The van der Waals surface area contributed by atoms with E-state index in [1.807, 2.05) is 12.1 Å². The van der Waals surface area contributed by atoms with Gasteiger partial charge in [0.25, 0.3) is 5.91 Å². The second-order valence-corrected chi connectivity index (χ2v) is 5.31. The van der Waals surface area contributed by atoms with Crippen LogP contribution in [-0.2, 0) is 16.0 Å². The van der Waals surface area contributed by atoms with Crippen molar-refractivity contribution in [2.45, 2.75) is 31.7 Å². The quantitative estimate of drug-likeness (QED) is 0.748. The minimum atomic E-state index is -0.108. The van der Waals surface area contributed by atoms with Gasteiger partial charge in [0.15, 0.2) is 6.61 Å². The number of fused-ring (bicyclic) bond motifs is 1. The number of nitrogens with two attached hydrogens (primary N) is 1. The number of amides is 1. The Hall–Kier alpha value is -1.59. The molecular weight excluding hydrogens is 268 g/mol. The Balaban J connectivity index is 1.86. The lowest BCUT2D eigenvalue weighted by atomic mass is 9.88. The summed E-state index contributed by atoms with van der Waals surface area (Å²) < 4.78 is 10.6. The van der Waals surface area contributed by atoms with Crippen molar-refractivity contribution in [3.63, 3.8) is 0 Å². The lowest BCUT2D eigenvalue weighted by Gasteiger charge is -2.24. The molecule has 0 saturated carbocycles. The van der Waals surface area contributed by atoms with E-state index in [4.69, 9.17) is 15.2 Å². The average molecular weight is 292 g/mol.